The van der Waals surface area contributed by atoms with Crippen LogP contribution in [0.4, 0.5) is 26.3 Å². The first kappa shape index (κ1) is 17.3. The van der Waals surface area contributed by atoms with Gasteiger partial charge in [0.15, 0.2) is 0 Å². The van der Waals surface area contributed by atoms with Crippen LogP contribution in [0.25, 0.3) is 0 Å². The lowest BCUT2D eigenvalue weighted by Crippen LogP contribution is -2.09. The van der Waals surface area contributed by atoms with Crippen LogP contribution in [0.2, 0.25) is 0 Å². The monoisotopic (exact) mass is 353 g/mol. The van der Waals surface area contributed by atoms with Crippen LogP contribution in [-0.4, -0.2) is 4.21 Å². The first-order chi connectivity index (χ1) is 10.4. The molecular weight excluding hydrogens is 344 g/mol. The molecule has 0 aliphatic rings. The fraction of sp³-hybridized carbons (Fsp3) is 0.143. The summed E-state index contributed by atoms with van der Waals surface area (Å²) in [6.45, 7) is 0. The quantitative estimate of drug-likeness (QED) is 0.742. The SMILES string of the molecule is N=S(=O)(c1cccc(C(F)(F)F)c1)c1cccc(C(F)(F)F)c1. The molecule has 2 aromatic rings. The van der Waals surface area contributed by atoms with Crippen molar-refractivity contribution >= 4 is 9.73 Å². The van der Waals surface area contributed by atoms with Gasteiger partial charge >= 0.3 is 12.4 Å². The molecule has 0 aliphatic heterocycles. The lowest BCUT2D eigenvalue weighted by Gasteiger charge is -2.13. The Morgan fingerprint density at radius 3 is 1.39 bits per heavy atom. The van der Waals surface area contributed by atoms with Crippen LogP contribution < -0.4 is 0 Å². The molecule has 0 aromatic heterocycles. The summed E-state index contributed by atoms with van der Waals surface area (Å²) >= 11 is 0. The van der Waals surface area contributed by atoms with E-state index in [0.717, 1.165) is 36.4 Å². The first-order valence-electron chi connectivity index (χ1n) is 6.06. The maximum atomic E-state index is 12.7. The van der Waals surface area contributed by atoms with Crippen molar-refractivity contribution in [2.45, 2.75) is 22.1 Å². The Morgan fingerprint density at radius 1 is 0.739 bits per heavy atom. The van der Waals surface area contributed by atoms with Gasteiger partial charge in [-0.05, 0) is 36.4 Å². The zero-order chi connectivity index (χ0) is 17.5. The molecule has 0 heterocycles. The second-order valence-electron chi connectivity index (χ2n) is 4.61. The zero-order valence-corrected chi connectivity index (χ0v) is 12.0. The molecule has 124 valence electrons. The van der Waals surface area contributed by atoms with Crippen LogP contribution in [0.15, 0.2) is 58.3 Å². The van der Waals surface area contributed by atoms with Crippen molar-refractivity contribution in [1.29, 1.82) is 4.78 Å². The van der Waals surface area contributed by atoms with Crippen molar-refractivity contribution in [1.82, 2.24) is 0 Å². The Balaban J connectivity index is 2.56. The minimum absolute atomic E-state index is 0.508. The van der Waals surface area contributed by atoms with Crippen molar-refractivity contribution in [3.05, 3.63) is 59.7 Å². The third-order valence-corrected chi connectivity index (χ3v) is 4.82. The summed E-state index contributed by atoms with van der Waals surface area (Å²) in [7, 11) is -4.00. The highest BCUT2D eigenvalue weighted by molar-refractivity contribution is 7.92. The predicted molar refractivity (Wildman–Crippen MR) is 70.3 cm³/mol. The third-order valence-electron chi connectivity index (χ3n) is 2.99. The van der Waals surface area contributed by atoms with E-state index in [1.165, 1.54) is 0 Å². The van der Waals surface area contributed by atoms with E-state index in [2.05, 4.69) is 0 Å². The van der Waals surface area contributed by atoms with Gasteiger partial charge < -0.3 is 0 Å². The fourth-order valence-corrected chi connectivity index (χ4v) is 3.24. The Labute approximate surface area is 127 Å². The number of halogens is 6. The minimum Gasteiger partial charge on any atom is -0.245 e. The smallest absolute Gasteiger partial charge is 0.245 e. The molecule has 0 fully saturated rings. The van der Waals surface area contributed by atoms with Gasteiger partial charge in [-0.2, -0.15) is 26.3 Å². The van der Waals surface area contributed by atoms with Crippen LogP contribution in [-0.2, 0) is 22.1 Å². The normalized spacial score (nSPS) is 13.1. The maximum Gasteiger partial charge on any atom is 0.416 e. The summed E-state index contributed by atoms with van der Waals surface area (Å²) < 4.78 is 96.3. The lowest BCUT2D eigenvalue weighted by molar-refractivity contribution is -0.138. The van der Waals surface area contributed by atoms with Gasteiger partial charge in [0.05, 0.1) is 20.9 Å². The summed E-state index contributed by atoms with van der Waals surface area (Å²) in [6.07, 6.45) is -9.42. The second-order valence-corrected chi connectivity index (χ2v) is 6.66. The van der Waals surface area contributed by atoms with Gasteiger partial charge in [0.2, 0.25) is 0 Å². The molecule has 2 rings (SSSR count). The fourth-order valence-electron chi connectivity index (χ4n) is 1.84. The molecule has 0 radical (unpaired) electrons. The molecule has 9 heteroatoms. The highest BCUT2D eigenvalue weighted by Gasteiger charge is 2.33. The van der Waals surface area contributed by atoms with E-state index in [4.69, 9.17) is 4.78 Å². The van der Waals surface area contributed by atoms with Gasteiger partial charge in [-0.1, -0.05) is 12.1 Å². The zero-order valence-electron chi connectivity index (χ0n) is 11.2. The van der Waals surface area contributed by atoms with Gasteiger partial charge in [-0.25, -0.2) is 8.99 Å². The number of hydrogen-bond donors (Lipinski definition) is 1. The standard InChI is InChI=1S/C14H9F6NOS/c15-13(16,17)9-3-1-5-11(7-9)23(21,22)12-6-2-4-10(8-12)14(18,19)20/h1-8,21H. The van der Waals surface area contributed by atoms with Crippen molar-refractivity contribution in [3.63, 3.8) is 0 Å². The van der Waals surface area contributed by atoms with E-state index in [1.807, 2.05) is 0 Å². The molecule has 0 unspecified atom stereocenters. The molecule has 0 spiro atoms. The minimum atomic E-state index is -4.71. The lowest BCUT2D eigenvalue weighted by atomic mass is 10.2. The molecule has 23 heavy (non-hydrogen) atoms. The molecule has 0 atom stereocenters. The van der Waals surface area contributed by atoms with Crippen molar-refractivity contribution in [2.75, 3.05) is 0 Å². The number of alkyl halides is 6. The average molecular weight is 353 g/mol. The van der Waals surface area contributed by atoms with Crippen LogP contribution in [0.1, 0.15) is 11.1 Å². The van der Waals surface area contributed by atoms with E-state index >= 15 is 0 Å². The Bertz CT molecular complexity index is 760. The highest BCUT2D eigenvalue weighted by atomic mass is 32.2. The summed E-state index contributed by atoms with van der Waals surface area (Å²) in [6, 6.07) is 6.43. The topological polar surface area (TPSA) is 40.9 Å². The Kier molecular flexibility index (Phi) is 4.18. The molecule has 0 amide bonds. The van der Waals surface area contributed by atoms with E-state index < -0.39 is 43.0 Å². The summed E-state index contributed by atoms with van der Waals surface area (Å²) in [5, 5.41) is 0. The summed E-state index contributed by atoms with van der Waals surface area (Å²) in [4.78, 5) is -1.02. The first-order valence-corrected chi connectivity index (χ1v) is 7.61. The molecule has 0 bridgehead atoms. The largest absolute Gasteiger partial charge is 0.416 e. The van der Waals surface area contributed by atoms with E-state index in [0.29, 0.717) is 12.1 Å². The van der Waals surface area contributed by atoms with Gasteiger partial charge in [0.25, 0.3) is 0 Å². The van der Waals surface area contributed by atoms with Crippen LogP contribution >= 0.6 is 0 Å². The second kappa shape index (κ2) is 5.55. The van der Waals surface area contributed by atoms with Crippen LogP contribution in [0.5, 0.6) is 0 Å². The van der Waals surface area contributed by atoms with Gasteiger partial charge in [0, 0.05) is 0 Å². The highest BCUT2D eigenvalue weighted by Crippen LogP contribution is 2.34. The van der Waals surface area contributed by atoms with E-state index in [1.54, 1.807) is 0 Å². The maximum absolute atomic E-state index is 12.7. The number of hydrogen-bond acceptors (Lipinski definition) is 2. The molecule has 0 aliphatic carbocycles. The Hall–Kier alpha value is -2.03. The number of rotatable bonds is 2. The van der Waals surface area contributed by atoms with Gasteiger partial charge in [-0.3, -0.25) is 0 Å². The van der Waals surface area contributed by atoms with E-state index in [9.17, 15) is 30.6 Å². The molecule has 2 aromatic carbocycles. The van der Waals surface area contributed by atoms with Crippen LogP contribution in [0.3, 0.4) is 0 Å². The molecule has 1 N–H and O–H groups in total. The molecule has 0 saturated heterocycles. The number of nitrogens with one attached hydrogen (secondary N) is 1. The summed E-state index contributed by atoms with van der Waals surface area (Å²) in [5.74, 6) is 0. The molecular formula is C14H9F6NOS. The van der Waals surface area contributed by atoms with Crippen molar-refractivity contribution in [2.24, 2.45) is 0 Å². The van der Waals surface area contributed by atoms with Crippen LogP contribution in [0, 0.1) is 4.78 Å². The Morgan fingerprint density at radius 2 is 1.09 bits per heavy atom. The third kappa shape index (κ3) is 3.66. The molecule has 2 nitrogen and oxygen atoms in total. The van der Waals surface area contributed by atoms with Gasteiger partial charge in [0.1, 0.15) is 9.73 Å². The predicted octanol–water partition coefficient (Wildman–Crippen LogP) is 5.19. The van der Waals surface area contributed by atoms with Crippen molar-refractivity contribution in [3.8, 4) is 0 Å². The molecule has 0 saturated carbocycles. The summed E-state index contributed by atoms with van der Waals surface area (Å²) in [5.41, 5.74) is -2.25. The number of benzene rings is 2. The van der Waals surface area contributed by atoms with Crippen molar-refractivity contribution < 1.29 is 30.6 Å². The average Bonchev–Trinajstić information content (AvgIpc) is 2.46. The van der Waals surface area contributed by atoms with E-state index in [-0.39, 0.29) is 0 Å². The van der Waals surface area contributed by atoms with Gasteiger partial charge in [-0.15, -0.1) is 0 Å².